The molecule has 0 fully saturated rings. The van der Waals surface area contributed by atoms with Gasteiger partial charge in [-0.15, -0.1) is 0 Å². The zero-order chi connectivity index (χ0) is 13.4. The third kappa shape index (κ3) is 4.80. The van der Waals surface area contributed by atoms with Crippen LogP contribution in [0.3, 0.4) is 0 Å². The molecule has 100 valence electrons. The molecule has 0 unspecified atom stereocenters. The van der Waals surface area contributed by atoms with Crippen molar-refractivity contribution >= 4 is 34.7 Å². The van der Waals surface area contributed by atoms with Gasteiger partial charge in [-0.05, 0) is 0 Å². The maximum atomic E-state index is 11.7. The van der Waals surface area contributed by atoms with Crippen LogP contribution < -0.4 is 10.9 Å². The van der Waals surface area contributed by atoms with Crippen LogP contribution in [0.5, 0.6) is 0 Å². The molecule has 1 heterocycles. The Morgan fingerprint density at radius 3 is 2.89 bits per heavy atom. The fourth-order valence-corrected chi connectivity index (χ4v) is 1.82. The number of carbonyl (C=O) groups is 2. The highest BCUT2D eigenvalue weighted by molar-refractivity contribution is 14.1. The summed E-state index contributed by atoms with van der Waals surface area (Å²) in [7, 11) is 0. The second-order valence-electron chi connectivity index (χ2n) is 3.65. The fraction of sp³-hybridized carbons (Fsp3) is 0.500. The van der Waals surface area contributed by atoms with Crippen LogP contribution in [0.25, 0.3) is 0 Å². The first kappa shape index (κ1) is 15.2. The molecule has 1 aromatic rings. The van der Waals surface area contributed by atoms with E-state index in [1.54, 1.807) is 6.20 Å². The number of ketones is 1. The van der Waals surface area contributed by atoms with E-state index < -0.39 is 12.1 Å². The van der Waals surface area contributed by atoms with Gasteiger partial charge in [0.1, 0.15) is 6.29 Å². The molecule has 0 aromatic carbocycles. The monoisotopic (exact) mass is 366 g/mol. The Balaban J connectivity index is 2.55. The smallest absolute Gasteiger partial charge is 0.161 e. The number of carbonyl (C=O) groups excluding carboxylic acids is 2. The number of rotatable bonds is 9. The van der Waals surface area contributed by atoms with Crippen molar-refractivity contribution < 1.29 is 14.7 Å². The van der Waals surface area contributed by atoms with Gasteiger partial charge in [-0.2, -0.15) is 0 Å². The molecule has 0 amide bonds. The van der Waals surface area contributed by atoms with Crippen LogP contribution in [-0.4, -0.2) is 50.3 Å². The Hall–Kier alpha value is -0.840. The maximum absolute atomic E-state index is 11.7. The fourth-order valence-electron chi connectivity index (χ4n) is 1.29. The summed E-state index contributed by atoms with van der Waals surface area (Å²) in [6, 6.07) is -1.20. The highest BCUT2D eigenvalue weighted by Crippen LogP contribution is 2.01. The van der Waals surface area contributed by atoms with Crippen LogP contribution >= 0.6 is 22.6 Å². The number of hydrazine groups is 1. The van der Waals surface area contributed by atoms with Gasteiger partial charge in [-0.25, -0.2) is 15.8 Å². The molecule has 0 saturated heterocycles. The molecule has 7 nitrogen and oxygen atoms in total. The van der Waals surface area contributed by atoms with Crippen LogP contribution in [0.4, 0.5) is 0 Å². The van der Waals surface area contributed by atoms with Crippen molar-refractivity contribution in [2.45, 2.75) is 18.5 Å². The van der Waals surface area contributed by atoms with Crippen molar-refractivity contribution in [3.63, 3.8) is 0 Å². The molecular weight excluding hydrogens is 351 g/mol. The van der Waals surface area contributed by atoms with Crippen LogP contribution in [-0.2, 0) is 16.0 Å². The van der Waals surface area contributed by atoms with E-state index in [0.29, 0.717) is 17.1 Å². The van der Waals surface area contributed by atoms with E-state index in [1.165, 1.54) is 6.33 Å². The highest BCUT2D eigenvalue weighted by Gasteiger charge is 2.19. The largest absolute Gasteiger partial charge is 0.394 e. The summed E-state index contributed by atoms with van der Waals surface area (Å²) in [5.74, 6) is 0.000267. The molecule has 1 aromatic heterocycles. The van der Waals surface area contributed by atoms with Crippen molar-refractivity contribution in [2.24, 2.45) is 0 Å². The second kappa shape index (κ2) is 8.29. The predicted molar refractivity (Wildman–Crippen MR) is 73.2 cm³/mol. The van der Waals surface area contributed by atoms with Crippen LogP contribution in [0.15, 0.2) is 12.5 Å². The number of H-pyrrole nitrogens is 1. The SMILES string of the molecule is O=C[C@H](CO)NN[C@@H](Cc1cnc[nH]1)C(=O)CI. The van der Waals surface area contributed by atoms with Crippen molar-refractivity contribution in [3.8, 4) is 0 Å². The molecule has 0 aliphatic rings. The molecule has 18 heavy (non-hydrogen) atoms. The molecule has 2 atom stereocenters. The van der Waals surface area contributed by atoms with Gasteiger partial charge in [0.2, 0.25) is 0 Å². The number of aliphatic hydroxyl groups excluding tert-OH is 1. The van der Waals surface area contributed by atoms with E-state index in [4.69, 9.17) is 5.11 Å². The number of nitrogens with zero attached hydrogens (tertiary/aromatic N) is 1. The second-order valence-corrected chi connectivity index (χ2v) is 4.41. The van der Waals surface area contributed by atoms with Crippen molar-refractivity contribution in [1.29, 1.82) is 0 Å². The summed E-state index contributed by atoms with van der Waals surface area (Å²) in [6.07, 6.45) is 4.19. The van der Waals surface area contributed by atoms with Gasteiger partial charge < -0.3 is 14.9 Å². The third-order valence-electron chi connectivity index (χ3n) is 2.30. The van der Waals surface area contributed by atoms with E-state index >= 15 is 0 Å². The number of aromatic nitrogens is 2. The van der Waals surface area contributed by atoms with E-state index in [1.807, 2.05) is 22.6 Å². The molecule has 8 heteroatoms. The van der Waals surface area contributed by atoms with Gasteiger partial charge in [0, 0.05) is 18.3 Å². The Morgan fingerprint density at radius 2 is 2.39 bits per heavy atom. The first-order chi connectivity index (χ1) is 8.71. The number of hydrogen-bond acceptors (Lipinski definition) is 6. The molecule has 0 spiro atoms. The minimum atomic E-state index is -0.726. The number of Topliss-reactive ketones (excluding diaryl/α,β-unsaturated/α-hetero) is 1. The molecule has 4 N–H and O–H groups in total. The molecule has 1 rings (SSSR count). The summed E-state index contributed by atoms with van der Waals surface area (Å²) >= 11 is 1.98. The summed E-state index contributed by atoms with van der Waals surface area (Å²) in [5.41, 5.74) is 6.21. The molecular formula is C10H15IN4O3. The highest BCUT2D eigenvalue weighted by atomic mass is 127. The first-order valence-corrected chi connectivity index (χ1v) is 6.87. The lowest BCUT2D eigenvalue weighted by Crippen LogP contribution is -2.52. The standard InChI is InChI=1S/C10H15IN4O3/c11-2-10(18)9(1-7-3-12-6-13-7)15-14-8(4-16)5-17/h3-4,6,8-9,14-15,17H,1-2,5H2,(H,12,13)/t8-,9+/m1/s1. The summed E-state index contributed by atoms with van der Waals surface area (Å²) < 4.78 is 0.357. The quantitative estimate of drug-likeness (QED) is 0.193. The summed E-state index contributed by atoms with van der Waals surface area (Å²) in [5, 5.41) is 8.86. The van der Waals surface area contributed by atoms with Crippen molar-refractivity contribution in [1.82, 2.24) is 20.8 Å². The van der Waals surface area contributed by atoms with Gasteiger partial charge in [-0.1, -0.05) is 22.6 Å². The maximum Gasteiger partial charge on any atom is 0.161 e. The molecule has 0 bridgehead atoms. The van der Waals surface area contributed by atoms with E-state index in [2.05, 4.69) is 20.8 Å². The lowest BCUT2D eigenvalue weighted by molar-refractivity contribution is -0.119. The Labute approximate surface area is 118 Å². The van der Waals surface area contributed by atoms with Crippen LogP contribution in [0.1, 0.15) is 5.69 Å². The molecule has 0 saturated carbocycles. The van der Waals surface area contributed by atoms with Crippen LogP contribution in [0.2, 0.25) is 0 Å². The normalized spacial score (nSPS) is 14.1. The number of aliphatic hydroxyl groups is 1. The summed E-state index contributed by atoms with van der Waals surface area (Å²) in [6.45, 7) is -0.328. The van der Waals surface area contributed by atoms with Gasteiger partial charge >= 0.3 is 0 Å². The number of halogens is 1. The van der Waals surface area contributed by atoms with Gasteiger partial charge in [0.25, 0.3) is 0 Å². The number of imidazole rings is 1. The van der Waals surface area contributed by atoms with Gasteiger partial charge in [0.05, 0.1) is 29.4 Å². The minimum absolute atomic E-state index is 0.000267. The van der Waals surface area contributed by atoms with E-state index in [9.17, 15) is 9.59 Å². The number of hydrogen-bond donors (Lipinski definition) is 4. The predicted octanol–water partition coefficient (Wildman–Crippen LogP) is -1.02. The minimum Gasteiger partial charge on any atom is -0.394 e. The number of nitrogens with one attached hydrogen (secondary N) is 3. The Bertz CT molecular complexity index is 371. The van der Waals surface area contributed by atoms with Gasteiger partial charge in [-0.3, -0.25) is 4.79 Å². The molecule has 0 aliphatic heterocycles. The number of aldehydes is 1. The van der Waals surface area contributed by atoms with Crippen molar-refractivity contribution in [2.75, 3.05) is 11.0 Å². The average molecular weight is 366 g/mol. The zero-order valence-corrected chi connectivity index (χ0v) is 11.8. The third-order valence-corrected chi connectivity index (χ3v) is 3.05. The van der Waals surface area contributed by atoms with Crippen molar-refractivity contribution in [3.05, 3.63) is 18.2 Å². The lowest BCUT2D eigenvalue weighted by Gasteiger charge is -2.19. The number of alkyl halides is 1. The zero-order valence-electron chi connectivity index (χ0n) is 9.60. The molecule has 0 radical (unpaired) electrons. The average Bonchev–Trinajstić information content (AvgIpc) is 2.90. The van der Waals surface area contributed by atoms with Crippen LogP contribution in [0, 0.1) is 0 Å². The summed E-state index contributed by atoms with van der Waals surface area (Å²) in [4.78, 5) is 29.1. The topological polar surface area (TPSA) is 107 Å². The lowest BCUT2D eigenvalue weighted by atomic mass is 10.1. The Morgan fingerprint density at radius 1 is 1.61 bits per heavy atom. The first-order valence-electron chi connectivity index (χ1n) is 5.34. The molecule has 0 aliphatic carbocycles. The Kier molecular flexibility index (Phi) is 7.01. The van der Waals surface area contributed by atoms with Gasteiger partial charge in [0.15, 0.2) is 5.78 Å². The van der Waals surface area contributed by atoms with E-state index in [0.717, 1.165) is 5.69 Å². The number of aromatic amines is 1. The van der Waals surface area contributed by atoms with E-state index in [-0.39, 0.29) is 12.4 Å².